The van der Waals surface area contributed by atoms with E-state index < -0.39 is 5.25 Å². The highest BCUT2D eigenvalue weighted by Crippen LogP contribution is 2.37. The number of rotatable bonds is 6. The van der Waals surface area contributed by atoms with Crippen LogP contribution in [0.25, 0.3) is 0 Å². The van der Waals surface area contributed by atoms with Gasteiger partial charge in [-0.3, -0.25) is 4.79 Å². The lowest BCUT2D eigenvalue weighted by atomic mass is 10.1. The van der Waals surface area contributed by atoms with Crippen LogP contribution in [-0.4, -0.2) is 24.8 Å². The Balaban J connectivity index is 2.24. The van der Waals surface area contributed by atoms with Gasteiger partial charge in [0.05, 0.1) is 13.7 Å². The van der Waals surface area contributed by atoms with Gasteiger partial charge in [-0.15, -0.1) is 11.8 Å². The summed E-state index contributed by atoms with van der Waals surface area (Å²) < 4.78 is 10.3. The molecule has 116 valence electrons. The van der Waals surface area contributed by atoms with Crippen LogP contribution < -0.4 is 4.74 Å². The molecule has 2 aromatic carbocycles. The van der Waals surface area contributed by atoms with E-state index in [2.05, 4.69) is 0 Å². The number of ether oxygens (including phenoxy) is 2. The molecule has 2 rings (SSSR count). The summed E-state index contributed by atoms with van der Waals surface area (Å²) in [5.74, 6) is 0.646. The molecule has 0 bridgehead atoms. The van der Waals surface area contributed by atoms with Crippen LogP contribution in [0, 0.1) is 0 Å². The van der Waals surface area contributed by atoms with Gasteiger partial charge in [-0.1, -0.05) is 12.1 Å². The average Bonchev–Trinajstić information content (AvgIpc) is 2.54. The quantitative estimate of drug-likeness (QED) is 0.648. The summed E-state index contributed by atoms with van der Waals surface area (Å²) in [5.41, 5.74) is 0.845. The summed E-state index contributed by atoms with van der Waals surface area (Å²) >= 11 is 1.39. The highest BCUT2D eigenvalue weighted by atomic mass is 32.2. The van der Waals surface area contributed by atoms with Gasteiger partial charge in [0.25, 0.3) is 0 Å². The predicted molar refractivity (Wildman–Crippen MR) is 86.3 cm³/mol. The zero-order valence-electron chi connectivity index (χ0n) is 12.5. The summed E-state index contributed by atoms with van der Waals surface area (Å²) in [5, 5.41) is 8.88. The lowest BCUT2D eigenvalue weighted by Crippen LogP contribution is -2.13. The molecule has 1 N–H and O–H groups in total. The Morgan fingerprint density at radius 1 is 1.14 bits per heavy atom. The summed E-state index contributed by atoms with van der Waals surface area (Å²) in [6.07, 6.45) is 0. The maximum atomic E-state index is 12.2. The molecule has 0 saturated heterocycles. The van der Waals surface area contributed by atoms with Crippen molar-refractivity contribution in [3.8, 4) is 11.5 Å². The van der Waals surface area contributed by atoms with Gasteiger partial charge in [0.2, 0.25) is 0 Å². The molecular weight excluding hydrogens is 300 g/mol. The number of aromatic hydroxyl groups is 1. The number of thioether (sulfide) groups is 1. The van der Waals surface area contributed by atoms with Crippen molar-refractivity contribution in [3.05, 3.63) is 54.1 Å². The average molecular weight is 318 g/mol. The molecule has 0 radical (unpaired) electrons. The molecule has 1 unspecified atom stereocenters. The zero-order valence-corrected chi connectivity index (χ0v) is 13.3. The van der Waals surface area contributed by atoms with Crippen LogP contribution in [0.1, 0.15) is 17.7 Å². The Morgan fingerprint density at radius 2 is 1.77 bits per heavy atom. The second-order valence-corrected chi connectivity index (χ2v) is 5.70. The maximum Gasteiger partial charge on any atom is 0.323 e. The molecule has 2 aromatic rings. The fraction of sp³-hybridized carbons (Fsp3) is 0.235. The van der Waals surface area contributed by atoms with Crippen molar-refractivity contribution in [2.75, 3.05) is 13.7 Å². The molecular formula is C17H18O4S. The molecule has 5 heteroatoms. The largest absolute Gasteiger partial charge is 0.508 e. The number of hydrogen-bond acceptors (Lipinski definition) is 5. The SMILES string of the molecule is CCOC(=O)C(Sc1ccc(O)cc1)c1ccc(OC)cc1. The lowest BCUT2D eigenvalue weighted by molar-refractivity contribution is -0.142. The van der Waals surface area contributed by atoms with E-state index in [1.54, 1.807) is 38.3 Å². The van der Waals surface area contributed by atoms with E-state index in [1.807, 2.05) is 24.3 Å². The van der Waals surface area contributed by atoms with E-state index in [4.69, 9.17) is 9.47 Å². The molecule has 0 amide bonds. The summed E-state index contributed by atoms with van der Waals surface area (Å²) in [6.45, 7) is 2.12. The van der Waals surface area contributed by atoms with Gasteiger partial charge in [0, 0.05) is 4.90 Å². The monoisotopic (exact) mass is 318 g/mol. The van der Waals surface area contributed by atoms with Crippen LogP contribution >= 0.6 is 11.8 Å². The van der Waals surface area contributed by atoms with Crippen molar-refractivity contribution in [1.29, 1.82) is 0 Å². The van der Waals surface area contributed by atoms with Crippen molar-refractivity contribution in [2.45, 2.75) is 17.1 Å². The fourth-order valence-electron chi connectivity index (χ4n) is 1.91. The number of benzene rings is 2. The van der Waals surface area contributed by atoms with Crippen LogP contribution in [0.5, 0.6) is 11.5 Å². The summed E-state index contributed by atoms with van der Waals surface area (Å²) in [6, 6.07) is 14.1. The van der Waals surface area contributed by atoms with Gasteiger partial charge >= 0.3 is 5.97 Å². The summed E-state index contributed by atoms with van der Waals surface area (Å²) in [7, 11) is 1.60. The van der Waals surface area contributed by atoms with Crippen LogP contribution in [0.3, 0.4) is 0 Å². The van der Waals surface area contributed by atoms with Crippen molar-refractivity contribution in [1.82, 2.24) is 0 Å². The Kier molecular flexibility index (Phi) is 5.72. The Bertz CT molecular complexity index is 608. The molecule has 0 aliphatic rings. The van der Waals surface area contributed by atoms with E-state index >= 15 is 0 Å². The first kappa shape index (κ1) is 16.2. The minimum absolute atomic E-state index is 0.196. The van der Waals surface area contributed by atoms with E-state index in [9.17, 15) is 9.90 Å². The van der Waals surface area contributed by atoms with Gasteiger partial charge in [0.15, 0.2) is 0 Å². The number of carbonyl (C=O) groups is 1. The van der Waals surface area contributed by atoms with Gasteiger partial charge in [-0.05, 0) is 48.9 Å². The van der Waals surface area contributed by atoms with Crippen molar-refractivity contribution in [2.24, 2.45) is 0 Å². The fourth-order valence-corrected chi connectivity index (χ4v) is 2.93. The van der Waals surface area contributed by atoms with E-state index in [0.717, 1.165) is 16.2 Å². The third kappa shape index (κ3) is 4.18. The highest BCUT2D eigenvalue weighted by molar-refractivity contribution is 8.00. The molecule has 22 heavy (non-hydrogen) atoms. The molecule has 0 fully saturated rings. The summed E-state index contributed by atoms with van der Waals surface area (Å²) in [4.78, 5) is 13.1. The number of phenolic OH excluding ortho intramolecular Hbond substituents is 1. The Hall–Kier alpha value is -2.14. The van der Waals surface area contributed by atoms with Gasteiger partial charge < -0.3 is 14.6 Å². The minimum atomic E-state index is -0.463. The van der Waals surface area contributed by atoms with Crippen LogP contribution in [0.2, 0.25) is 0 Å². The first-order valence-corrected chi connectivity index (χ1v) is 7.78. The van der Waals surface area contributed by atoms with Gasteiger partial charge in [-0.2, -0.15) is 0 Å². The molecule has 0 saturated carbocycles. The number of hydrogen-bond donors (Lipinski definition) is 1. The standard InChI is InChI=1S/C17H18O4S/c1-3-21-17(19)16(12-4-8-14(20-2)9-5-12)22-15-10-6-13(18)7-11-15/h4-11,16,18H,3H2,1-2H3. The number of methoxy groups -OCH3 is 1. The van der Waals surface area contributed by atoms with Crippen LogP contribution in [0.15, 0.2) is 53.4 Å². The zero-order chi connectivity index (χ0) is 15.9. The molecule has 0 aliphatic heterocycles. The van der Waals surface area contributed by atoms with E-state index in [-0.39, 0.29) is 11.7 Å². The Labute approximate surface area is 134 Å². The molecule has 0 heterocycles. The second kappa shape index (κ2) is 7.75. The van der Waals surface area contributed by atoms with E-state index in [0.29, 0.717) is 6.61 Å². The van der Waals surface area contributed by atoms with Crippen LogP contribution in [0.4, 0.5) is 0 Å². The van der Waals surface area contributed by atoms with Crippen molar-refractivity contribution >= 4 is 17.7 Å². The van der Waals surface area contributed by atoms with Gasteiger partial charge in [-0.25, -0.2) is 0 Å². The third-order valence-electron chi connectivity index (χ3n) is 3.01. The van der Waals surface area contributed by atoms with Crippen molar-refractivity contribution in [3.63, 3.8) is 0 Å². The lowest BCUT2D eigenvalue weighted by Gasteiger charge is -2.16. The van der Waals surface area contributed by atoms with Gasteiger partial charge in [0.1, 0.15) is 16.7 Å². The molecule has 4 nitrogen and oxygen atoms in total. The smallest absolute Gasteiger partial charge is 0.323 e. The Morgan fingerprint density at radius 3 is 2.32 bits per heavy atom. The number of carbonyl (C=O) groups excluding carboxylic acids is 1. The molecule has 0 aromatic heterocycles. The first-order valence-electron chi connectivity index (χ1n) is 6.90. The normalized spacial score (nSPS) is 11.7. The number of esters is 1. The predicted octanol–water partition coefficient (Wildman–Crippen LogP) is 3.80. The third-order valence-corrected chi connectivity index (χ3v) is 4.25. The first-order chi connectivity index (χ1) is 10.6. The molecule has 0 aliphatic carbocycles. The number of phenols is 1. The van der Waals surface area contributed by atoms with Crippen LogP contribution in [-0.2, 0) is 9.53 Å². The van der Waals surface area contributed by atoms with Crippen molar-refractivity contribution < 1.29 is 19.4 Å². The topological polar surface area (TPSA) is 55.8 Å². The van der Waals surface area contributed by atoms with E-state index in [1.165, 1.54) is 11.8 Å². The maximum absolute atomic E-state index is 12.2. The molecule has 0 spiro atoms. The molecule has 1 atom stereocenters. The highest BCUT2D eigenvalue weighted by Gasteiger charge is 2.23. The minimum Gasteiger partial charge on any atom is -0.508 e. The second-order valence-electron chi connectivity index (χ2n) is 4.52.